The molecule has 0 bridgehead atoms. The van der Waals surface area contributed by atoms with E-state index in [1.165, 1.54) is 18.3 Å². The number of nitrogens with one attached hydrogen (secondary N) is 1. The molecule has 3 rings (SSSR count). The lowest BCUT2D eigenvalue weighted by Crippen LogP contribution is -2.25. The van der Waals surface area contributed by atoms with Crippen LogP contribution in [0.25, 0.3) is 5.69 Å². The van der Waals surface area contributed by atoms with Gasteiger partial charge in [0.2, 0.25) is 0 Å². The van der Waals surface area contributed by atoms with E-state index in [2.05, 4.69) is 10.4 Å². The van der Waals surface area contributed by atoms with Crippen molar-refractivity contribution < 1.29 is 13.2 Å². The molecule has 1 aromatic carbocycles. The summed E-state index contributed by atoms with van der Waals surface area (Å²) in [6, 6.07) is 4.62. The van der Waals surface area contributed by atoms with Gasteiger partial charge in [0.15, 0.2) is 0 Å². The fourth-order valence-corrected chi connectivity index (χ4v) is 2.17. The van der Waals surface area contributed by atoms with Crippen molar-refractivity contribution in [3.63, 3.8) is 0 Å². The zero-order valence-electron chi connectivity index (χ0n) is 11.2. The molecule has 1 N–H and O–H groups in total. The molecule has 0 unspecified atom stereocenters. The van der Waals surface area contributed by atoms with E-state index in [-0.39, 0.29) is 22.4 Å². The molecule has 0 aliphatic heterocycles. The lowest BCUT2D eigenvalue weighted by atomic mass is 10.2. The zero-order valence-corrected chi connectivity index (χ0v) is 11.9. The summed E-state index contributed by atoms with van der Waals surface area (Å²) in [4.78, 5) is 12.4. The molecular formula is C14H11ClF3N3O. The van der Waals surface area contributed by atoms with E-state index in [1.807, 2.05) is 0 Å². The Morgan fingerprint density at radius 1 is 1.32 bits per heavy atom. The number of aromatic nitrogens is 2. The summed E-state index contributed by atoms with van der Waals surface area (Å²) in [5, 5.41) is 6.96. The predicted octanol–water partition coefficient (Wildman–Crippen LogP) is 3.48. The van der Waals surface area contributed by atoms with Gasteiger partial charge in [0.1, 0.15) is 5.69 Å². The molecule has 1 saturated carbocycles. The minimum atomic E-state index is -4.48. The summed E-state index contributed by atoms with van der Waals surface area (Å²) in [7, 11) is 0. The highest BCUT2D eigenvalue weighted by atomic mass is 35.5. The molecular weight excluding hydrogens is 319 g/mol. The van der Waals surface area contributed by atoms with Crippen molar-refractivity contribution in [2.75, 3.05) is 5.32 Å². The average Bonchev–Trinajstić information content (AvgIpc) is 3.27. The molecule has 0 amide bonds. The third-order valence-electron chi connectivity index (χ3n) is 3.28. The lowest BCUT2D eigenvalue weighted by molar-refractivity contribution is -0.137. The minimum absolute atomic E-state index is 0.0374. The molecule has 22 heavy (non-hydrogen) atoms. The Morgan fingerprint density at radius 2 is 2.05 bits per heavy atom. The zero-order chi connectivity index (χ0) is 15.9. The van der Waals surface area contributed by atoms with Gasteiger partial charge in [-0.1, -0.05) is 17.7 Å². The molecule has 0 spiro atoms. The van der Waals surface area contributed by atoms with Gasteiger partial charge in [-0.3, -0.25) is 4.79 Å². The topological polar surface area (TPSA) is 46.9 Å². The SMILES string of the molecule is O=c1c(NC2CC2)c(Cl)cnn1-c1cccc(C(F)(F)F)c1. The van der Waals surface area contributed by atoms with Gasteiger partial charge >= 0.3 is 6.18 Å². The van der Waals surface area contributed by atoms with Crippen molar-refractivity contribution in [3.8, 4) is 5.69 Å². The van der Waals surface area contributed by atoms with Gasteiger partial charge in [0.25, 0.3) is 5.56 Å². The fraction of sp³-hybridized carbons (Fsp3) is 0.286. The molecule has 1 aliphatic rings. The van der Waals surface area contributed by atoms with E-state index >= 15 is 0 Å². The molecule has 0 radical (unpaired) electrons. The van der Waals surface area contributed by atoms with Gasteiger partial charge in [-0.2, -0.15) is 23.0 Å². The molecule has 0 atom stereocenters. The van der Waals surface area contributed by atoms with Gasteiger partial charge in [-0.15, -0.1) is 0 Å². The summed E-state index contributed by atoms with van der Waals surface area (Å²) in [5.74, 6) is 0. The number of hydrogen-bond donors (Lipinski definition) is 1. The Kier molecular flexibility index (Phi) is 3.60. The van der Waals surface area contributed by atoms with E-state index < -0.39 is 17.3 Å². The average molecular weight is 330 g/mol. The van der Waals surface area contributed by atoms with Crippen LogP contribution >= 0.6 is 11.6 Å². The van der Waals surface area contributed by atoms with Crippen LogP contribution < -0.4 is 10.9 Å². The van der Waals surface area contributed by atoms with Crippen LogP contribution in [0.3, 0.4) is 0 Å². The molecule has 2 aromatic rings. The largest absolute Gasteiger partial charge is 0.416 e. The molecule has 1 aromatic heterocycles. The number of nitrogens with zero attached hydrogens (tertiary/aromatic N) is 2. The first kappa shape index (κ1) is 14.9. The van der Waals surface area contributed by atoms with E-state index in [0.29, 0.717) is 0 Å². The van der Waals surface area contributed by atoms with E-state index in [0.717, 1.165) is 29.7 Å². The molecule has 1 aliphatic carbocycles. The maximum absolute atomic E-state index is 12.8. The van der Waals surface area contributed by atoms with Crippen LogP contribution in [0.15, 0.2) is 35.3 Å². The maximum Gasteiger partial charge on any atom is 0.416 e. The normalized spacial score (nSPS) is 14.9. The summed E-state index contributed by atoms with van der Waals surface area (Å²) < 4.78 is 39.2. The number of alkyl halides is 3. The van der Waals surface area contributed by atoms with Gasteiger partial charge in [0.05, 0.1) is 22.5 Å². The smallest absolute Gasteiger partial charge is 0.377 e. The number of halogens is 4. The second kappa shape index (κ2) is 5.31. The molecule has 1 fully saturated rings. The Hall–Kier alpha value is -2.02. The quantitative estimate of drug-likeness (QED) is 0.937. The highest BCUT2D eigenvalue weighted by Gasteiger charge is 2.31. The fourth-order valence-electron chi connectivity index (χ4n) is 1.99. The molecule has 0 saturated heterocycles. The molecule has 1 heterocycles. The number of hydrogen-bond acceptors (Lipinski definition) is 3. The molecule has 116 valence electrons. The van der Waals surface area contributed by atoms with Crippen LogP contribution in [0, 0.1) is 0 Å². The monoisotopic (exact) mass is 329 g/mol. The van der Waals surface area contributed by atoms with Crippen LogP contribution in [0.4, 0.5) is 18.9 Å². The first-order valence-corrected chi connectivity index (χ1v) is 6.96. The van der Waals surface area contributed by atoms with Crippen molar-refractivity contribution >= 4 is 17.3 Å². The molecule has 4 nitrogen and oxygen atoms in total. The van der Waals surface area contributed by atoms with Gasteiger partial charge in [-0.25, -0.2) is 0 Å². The summed E-state index contributed by atoms with van der Waals surface area (Å²) in [6.07, 6.45) is -1.38. The Labute approximate surface area is 128 Å². The lowest BCUT2D eigenvalue weighted by Gasteiger charge is -2.12. The number of rotatable bonds is 3. The standard InChI is InChI=1S/C14H11ClF3N3O/c15-11-7-19-21(13(22)12(11)20-9-4-5-9)10-3-1-2-8(6-10)14(16,17)18/h1-3,6-7,9,20H,4-5H2. The van der Waals surface area contributed by atoms with E-state index in [1.54, 1.807) is 0 Å². The van der Waals surface area contributed by atoms with Crippen molar-refractivity contribution in [1.82, 2.24) is 9.78 Å². The van der Waals surface area contributed by atoms with Crippen molar-refractivity contribution in [3.05, 3.63) is 51.4 Å². The second-order valence-corrected chi connectivity index (χ2v) is 5.46. The van der Waals surface area contributed by atoms with E-state index in [9.17, 15) is 18.0 Å². The van der Waals surface area contributed by atoms with Crippen LogP contribution in [0.2, 0.25) is 5.02 Å². The number of anilines is 1. The highest BCUT2D eigenvalue weighted by Crippen LogP contribution is 2.30. The van der Waals surface area contributed by atoms with Crippen LogP contribution in [0.5, 0.6) is 0 Å². The summed E-state index contributed by atoms with van der Waals surface area (Å²) in [6.45, 7) is 0. The minimum Gasteiger partial charge on any atom is -0.377 e. The first-order valence-electron chi connectivity index (χ1n) is 6.58. The summed E-state index contributed by atoms with van der Waals surface area (Å²) in [5.41, 5.74) is -1.21. The maximum atomic E-state index is 12.8. The van der Waals surface area contributed by atoms with Gasteiger partial charge < -0.3 is 5.32 Å². The number of benzene rings is 1. The van der Waals surface area contributed by atoms with Crippen LogP contribution in [0.1, 0.15) is 18.4 Å². The Balaban J connectivity index is 2.07. The Morgan fingerprint density at radius 3 is 2.68 bits per heavy atom. The second-order valence-electron chi connectivity index (χ2n) is 5.05. The first-order chi connectivity index (χ1) is 10.4. The third kappa shape index (κ3) is 2.94. The Bertz CT molecular complexity index is 769. The van der Waals surface area contributed by atoms with Crippen molar-refractivity contribution in [1.29, 1.82) is 0 Å². The third-order valence-corrected chi connectivity index (χ3v) is 3.56. The summed E-state index contributed by atoms with van der Waals surface area (Å²) >= 11 is 5.95. The van der Waals surface area contributed by atoms with Crippen LogP contribution in [-0.2, 0) is 6.18 Å². The van der Waals surface area contributed by atoms with E-state index in [4.69, 9.17) is 11.6 Å². The molecule has 8 heteroatoms. The van der Waals surface area contributed by atoms with Crippen molar-refractivity contribution in [2.24, 2.45) is 0 Å². The van der Waals surface area contributed by atoms with Crippen molar-refractivity contribution in [2.45, 2.75) is 25.1 Å². The predicted molar refractivity (Wildman–Crippen MR) is 76.5 cm³/mol. The van der Waals surface area contributed by atoms with Gasteiger partial charge in [0, 0.05) is 6.04 Å². The van der Waals surface area contributed by atoms with Gasteiger partial charge in [-0.05, 0) is 31.0 Å². The van der Waals surface area contributed by atoms with Crippen LogP contribution in [-0.4, -0.2) is 15.8 Å². The highest BCUT2D eigenvalue weighted by molar-refractivity contribution is 6.33.